The van der Waals surface area contributed by atoms with Crippen molar-refractivity contribution in [3.05, 3.63) is 88.2 Å². The number of nitrogens with one attached hydrogen (secondary N) is 2. The molecule has 1 aromatic heterocycles. The average Bonchev–Trinajstić information content (AvgIpc) is 2.89. The predicted molar refractivity (Wildman–Crippen MR) is 144 cm³/mol. The minimum Gasteiger partial charge on any atom is -0.484 e. The van der Waals surface area contributed by atoms with Crippen LogP contribution in [0.1, 0.15) is 38.3 Å². The maximum Gasteiger partial charge on any atom is 0.259 e. The van der Waals surface area contributed by atoms with E-state index in [0.29, 0.717) is 17.1 Å². The Bertz CT molecular complexity index is 1320. The zero-order chi connectivity index (χ0) is 26.4. The van der Waals surface area contributed by atoms with Crippen LogP contribution in [0.2, 0.25) is 0 Å². The van der Waals surface area contributed by atoms with E-state index in [4.69, 9.17) is 4.74 Å². The van der Waals surface area contributed by atoms with Crippen molar-refractivity contribution >= 4 is 17.5 Å². The molecular weight excluding hydrogens is 452 g/mol. The topological polar surface area (TPSA) is 87.3 Å². The number of carbonyl (C=O) groups is 2. The van der Waals surface area contributed by atoms with Crippen LogP contribution in [0.5, 0.6) is 5.75 Å². The van der Waals surface area contributed by atoms with Crippen LogP contribution in [0.15, 0.2) is 54.7 Å². The Balaban J connectivity index is 1.91. The number of amides is 2. The first-order valence-corrected chi connectivity index (χ1v) is 11.8. The maximum absolute atomic E-state index is 13.0. The smallest absolute Gasteiger partial charge is 0.259 e. The summed E-state index contributed by atoms with van der Waals surface area (Å²) in [5, 5.41) is 2.97. The number of nitrogens with zero attached hydrogens (tertiary/aromatic N) is 2. The number of anilines is 1. The van der Waals surface area contributed by atoms with Gasteiger partial charge in [-0.3, -0.25) is 9.59 Å². The zero-order valence-electron chi connectivity index (χ0n) is 22.0. The molecule has 2 N–H and O–H groups in total. The third-order valence-electron chi connectivity index (χ3n) is 5.88. The SMILES string of the molecule is Cc1cc(C(=O)Nc2ccc(C)c(C)c2)cccnc(-c2c(C)cc(OCC(=O)N(C)C)cc2C)[nH]1. The number of H-pyrrole nitrogens is 1. The Morgan fingerprint density at radius 2 is 1.61 bits per heavy atom. The largest absolute Gasteiger partial charge is 0.484 e. The highest BCUT2D eigenvalue weighted by molar-refractivity contribution is 6.04. The molecule has 0 radical (unpaired) electrons. The summed E-state index contributed by atoms with van der Waals surface area (Å²) in [4.78, 5) is 34.3. The van der Waals surface area contributed by atoms with Gasteiger partial charge in [-0.25, -0.2) is 4.98 Å². The molecule has 188 valence electrons. The highest BCUT2D eigenvalue weighted by Crippen LogP contribution is 2.28. The van der Waals surface area contributed by atoms with Gasteiger partial charge in [0.25, 0.3) is 11.8 Å². The predicted octanol–water partition coefficient (Wildman–Crippen LogP) is 5.46. The van der Waals surface area contributed by atoms with Gasteiger partial charge < -0.3 is 19.9 Å². The lowest BCUT2D eigenvalue weighted by atomic mass is 10.0. The number of ether oxygens (including phenoxy) is 1. The Hall–Kier alpha value is -4.13. The van der Waals surface area contributed by atoms with E-state index in [1.165, 1.54) is 10.5 Å². The van der Waals surface area contributed by atoms with Gasteiger partial charge in [0.15, 0.2) is 6.61 Å². The number of benzene rings is 2. The van der Waals surface area contributed by atoms with Gasteiger partial charge in [-0.05, 0) is 99.3 Å². The summed E-state index contributed by atoms with van der Waals surface area (Å²) in [5.74, 6) is 0.985. The van der Waals surface area contributed by atoms with Crippen LogP contribution in [0.25, 0.3) is 11.4 Å². The number of aromatic amines is 1. The van der Waals surface area contributed by atoms with Gasteiger partial charge in [-0.2, -0.15) is 0 Å². The lowest BCUT2D eigenvalue weighted by Gasteiger charge is -2.14. The van der Waals surface area contributed by atoms with Gasteiger partial charge >= 0.3 is 0 Å². The van der Waals surface area contributed by atoms with Crippen LogP contribution in [0.4, 0.5) is 5.69 Å². The Kier molecular flexibility index (Phi) is 8.48. The number of rotatable bonds is 6. The van der Waals surface area contributed by atoms with Gasteiger partial charge in [0, 0.05) is 42.8 Å². The summed E-state index contributed by atoms with van der Waals surface area (Å²) < 4.78 is 5.69. The molecule has 0 unspecified atom stereocenters. The molecule has 0 fully saturated rings. The molecule has 2 amide bonds. The quantitative estimate of drug-likeness (QED) is 0.484. The first kappa shape index (κ1) is 26.5. The van der Waals surface area contributed by atoms with Crippen molar-refractivity contribution in [3.63, 3.8) is 0 Å². The minimum absolute atomic E-state index is 0.0202. The van der Waals surface area contributed by atoms with Crippen LogP contribution in [0, 0.1) is 34.6 Å². The van der Waals surface area contributed by atoms with E-state index in [1.54, 1.807) is 38.5 Å². The van der Waals surface area contributed by atoms with Crippen molar-refractivity contribution in [2.24, 2.45) is 0 Å². The average molecular weight is 487 g/mol. The molecule has 0 aliphatic rings. The van der Waals surface area contributed by atoms with Gasteiger partial charge in [-0.15, -0.1) is 0 Å². The standard InChI is InChI=1S/C29H34N4O3/c1-18-10-11-24(13-19(18)2)32-29(35)23-9-8-12-30-28(31-22(5)16-23)27-20(3)14-25(15-21(27)4)36-17-26(34)33(6)7/h8-16H,17H2,1-7H3,(H,30,31)(H,32,35). The summed E-state index contributed by atoms with van der Waals surface area (Å²) >= 11 is 0. The van der Waals surface area contributed by atoms with E-state index in [0.717, 1.165) is 33.6 Å². The van der Waals surface area contributed by atoms with E-state index in [2.05, 4.69) is 15.3 Å². The van der Waals surface area contributed by atoms with E-state index in [-0.39, 0.29) is 18.4 Å². The molecule has 0 spiro atoms. The molecule has 3 rings (SSSR count). The zero-order valence-corrected chi connectivity index (χ0v) is 22.0. The Morgan fingerprint density at radius 3 is 2.25 bits per heavy atom. The highest BCUT2D eigenvalue weighted by Gasteiger charge is 2.12. The summed E-state index contributed by atoms with van der Waals surface area (Å²) in [6.07, 6.45) is 1.66. The van der Waals surface area contributed by atoms with E-state index < -0.39 is 0 Å². The molecule has 0 atom stereocenters. The van der Waals surface area contributed by atoms with E-state index in [1.807, 2.05) is 65.0 Å². The first-order chi connectivity index (χ1) is 17.0. The minimum atomic E-state index is -0.200. The fraction of sp³-hybridized carbons (Fsp3) is 0.276. The van der Waals surface area contributed by atoms with E-state index >= 15 is 0 Å². The van der Waals surface area contributed by atoms with Gasteiger partial charge in [0.1, 0.15) is 11.6 Å². The molecule has 0 saturated carbocycles. The number of aryl methyl sites for hydroxylation is 5. The Morgan fingerprint density at radius 1 is 0.917 bits per heavy atom. The summed E-state index contributed by atoms with van der Waals surface area (Å²) in [7, 11) is 3.39. The molecule has 2 aromatic carbocycles. The van der Waals surface area contributed by atoms with Crippen molar-refractivity contribution in [2.45, 2.75) is 34.6 Å². The molecular formula is C29H34N4O3. The molecule has 7 heteroatoms. The number of aromatic nitrogens is 2. The first-order valence-electron chi connectivity index (χ1n) is 11.8. The Labute approximate surface area is 212 Å². The fourth-order valence-corrected chi connectivity index (χ4v) is 3.75. The number of hydrogen-bond acceptors (Lipinski definition) is 4. The van der Waals surface area contributed by atoms with Crippen LogP contribution >= 0.6 is 0 Å². The molecule has 36 heavy (non-hydrogen) atoms. The second kappa shape index (κ2) is 11.5. The van der Waals surface area contributed by atoms with Crippen LogP contribution < -0.4 is 10.1 Å². The molecule has 0 saturated heterocycles. The van der Waals surface area contributed by atoms with Gasteiger partial charge in [-0.1, -0.05) is 6.07 Å². The van der Waals surface area contributed by atoms with Gasteiger partial charge in [0.2, 0.25) is 0 Å². The summed E-state index contributed by atoms with van der Waals surface area (Å²) in [6.45, 7) is 9.89. The molecule has 1 heterocycles. The van der Waals surface area contributed by atoms with Crippen molar-refractivity contribution in [2.75, 3.05) is 26.0 Å². The van der Waals surface area contributed by atoms with Crippen LogP contribution in [-0.4, -0.2) is 47.4 Å². The third-order valence-corrected chi connectivity index (χ3v) is 5.88. The molecule has 0 aliphatic heterocycles. The maximum atomic E-state index is 13.0. The molecule has 0 aliphatic carbocycles. The van der Waals surface area contributed by atoms with Crippen molar-refractivity contribution in [3.8, 4) is 17.1 Å². The lowest BCUT2D eigenvalue weighted by Crippen LogP contribution is -2.27. The monoisotopic (exact) mass is 486 g/mol. The van der Waals surface area contributed by atoms with Crippen molar-refractivity contribution in [1.82, 2.24) is 14.9 Å². The second-order valence-corrected chi connectivity index (χ2v) is 9.16. The fourth-order valence-electron chi connectivity index (χ4n) is 3.75. The molecule has 7 nitrogen and oxygen atoms in total. The van der Waals surface area contributed by atoms with Crippen molar-refractivity contribution in [1.29, 1.82) is 0 Å². The normalized spacial score (nSPS) is 10.4. The lowest BCUT2D eigenvalue weighted by molar-refractivity contribution is -0.130. The number of hydrogen-bond donors (Lipinski definition) is 2. The van der Waals surface area contributed by atoms with Crippen molar-refractivity contribution < 1.29 is 14.3 Å². The number of likely N-dealkylation sites (N-methyl/N-ethyl adjacent to an activating group) is 1. The summed E-state index contributed by atoms with van der Waals surface area (Å²) in [5.41, 5.74) is 7.17. The molecule has 3 aromatic rings. The van der Waals surface area contributed by atoms with Crippen LogP contribution in [-0.2, 0) is 4.79 Å². The van der Waals surface area contributed by atoms with E-state index in [9.17, 15) is 9.59 Å². The second-order valence-electron chi connectivity index (χ2n) is 9.16. The van der Waals surface area contributed by atoms with Crippen LogP contribution in [0.3, 0.4) is 0 Å². The summed E-state index contributed by atoms with van der Waals surface area (Å²) in [6, 6.07) is 14.9. The molecule has 0 bridgehead atoms. The third kappa shape index (κ3) is 6.72. The highest BCUT2D eigenvalue weighted by atomic mass is 16.5. The van der Waals surface area contributed by atoms with Gasteiger partial charge in [0.05, 0.1) is 0 Å². The number of carbonyl (C=O) groups excluding carboxylic acids is 2.